The van der Waals surface area contributed by atoms with Gasteiger partial charge in [-0.05, 0) is 24.1 Å². The highest BCUT2D eigenvalue weighted by Gasteiger charge is 2.18. The summed E-state index contributed by atoms with van der Waals surface area (Å²) in [6.07, 6.45) is 0.0264. The van der Waals surface area contributed by atoms with Crippen LogP contribution in [0.4, 0.5) is 5.69 Å². The van der Waals surface area contributed by atoms with Crippen LogP contribution in [0.15, 0.2) is 22.7 Å². The number of nitrogens with one attached hydrogen (secondary N) is 1. The van der Waals surface area contributed by atoms with Crippen LogP contribution in [0.2, 0.25) is 0 Å². The normalized spacial score (nSPS) is 11.9. The Balaban J connectivity index is 2.94. The summed E-state index contributed by atoms with van der Waals surface area (Å²) in [6, 6.07) is 7.20. The average Bonchev–Trinajstić information content (AvgIpc) is 2.29. The van der Waals surface area contributed by atoms with Crippen LogP contribution < -0.4 is 5.32 Å². The van der Waals surface area contributed by atoms with Gasteiger partial charge in [0.25, 0.3) is 0 Å². The van der Waals surface area contributed by atoms with Gasteiger partial charge in [-0.2, -0.15) is 5.26 Å². The molecule has 0 aliphatic heterocycles. The molecule has 96 valence electrons. The Labute approximate surface area is 115 Å². The summed E-state index contributed by atoms with van der Waals surface area (Å²) in [6.45, 7) is 3.90. The van der Waals surface area contributed by atoms with Crippen LogP contribution in [0, 0.1) is 17.2 Å². The number of halogens is 1. The number of carbonyl (C=O) groups is 1. The second kappa shape index (κ2) is 6.41. The summed E-state index contributed by atoms with van der Waals surface area (Å²) >= 11 is 3.30. The maximum atomic E-state index is 10.8. The van der Waals surface area contributed by atoms with Crippen LogP contribution in [0.1, 0.15) is 25.8 Å². The highest BCUT2D eigenvalue weighted by Crippen LogP contribution is 2.23. The van der Waals surface area contributed by atoms with E-state index in [9.17, 15) is 4.79 Å². The van der Waals surface area contributed by atoms with E-state index in [1.807, 2.05) is 19.9 Å². The van der Waals surface area contributed by atoms with Crippen molar-refractivity contribution >= 4 is 27.6 Å². The van der Waals surface area contributed by atoms with Gasteiger partial charge in [0.15, 0.2) is 0 Å². The van der Waals surface area contributed by atoms with Crippen LogP contribution >= 0.6 is 15.9 Å². The molecular formula is C13H15BrN2O2. The minimum atomic E-state index is -0.850. The van der Waals surface area contributed by atoms with Gasteiger partial charge >= 0.3 is 5.97 Å². The van der Waals surface area contributed by atoms with Gasteiger partial charge in [-0.1, -0.05) is 29.8 Å². The summed E-state index contributed by atoms with van der Waals surface area (Å²) in [7, 11) is 0. The molecule has 2 N–H and O–H groups in total. The van der Waals surface area contributed by atoms with Crippen LogP contribution in [0.3, 0.4) is 0 Å². The zero-order chi connectivity index (χ0) is 13.7. The molecule has 0 saturated carbocycles. The van der Waals surface area contributed by atoms with Crippen molar-refractivity contribution in [2.75, 3.05) is 5.32 Å². The largest absolute Gasteiger partial charge is 0.481 e. The van der Waals surface area contributed by atoms with Gasteiger partial charge in [0.2, 0.25) is 0 Å². The molecule has 4 nitrogen and oxygen atoms in total. The molecule has 0 aliphatic carbocycles. The van der Waals surface area contributed by atoms with Crippen LogP contribution in [0.5, 0.6) is 0 Å². The Bertz CT molecular complexity index is 480. The van der Waals surface area contributed by atoms with Crippen molar-refractivity contribution in [1.82, 2.24) is 0 Å². The number of benzene rings is 1. The van der Waals surface area contributed by atoms with Crippen molar-refractivity contribution in [3.05, 3.63) is 28.2 Å². The molecule has 0 spiro atoms. The Kier molecular flexibility index (Phi) is 5.17. The standard InChI is InChI=1S/C13H15BrN2O2/c1-8(2)12(6-13(17)18)16-11-4-3-10(14)5-9(11)7-15/h3-5,8,12,16H,6H2,1-2H3,(H,17,18). The van der Waals surface area contributed by atoms with Crippen molar-refractivity contribution in [2.24, 2.45) is 5.92 Å². The molecule has 0 radical (unpaired) electrons. The lowest BCUT2D eigenvalue weighted by atomic mass is 10.00. The molecule has 1 aromatic rings. The summed E-state index contributed by atoms with van der Waals surface area (Å²) in [5.74, 6) is -0.687. The first kappa shape index (κ1) is 14.5. The van der Waals surface area contributed by atoms with E-state index in [1.54, 1.807) is 12.1 Å². The summed E-state index contributed by atoms with van der Waals surface area (Å²) in [5, 5.41) is 21.1. The third-order valence-corrected chi connectivity index (χ3v) is 3.14. The third kappa shape index (κ3) is 4.04. The monoisotopic (exact) mass is 310 g/mol. The number of carboxylic acid groups (broad SMARTS) is 1. The number of hydrogen-bond donors (Lipinski definition) is 2. The van der Waals surface area contributed by atoms with Gasteiger partial charge in [-0.15, -0.1) is 0 Å². The Morgan fingerprint density at radius 2 is 2.22 bits per heavy atom. The number of nitriles is 1. The third-order valence-electron chi connectivity index (χ3n) is 2.64. The van der Waals surface area contributed by atoms with Crippen LogP contribution in [-0.2, 0) is 4.79 Å². The Morgan fingerprint density at radius 3 is 2.72 bits per heavy atom. The summed E-state index contributed by atoms with van der Waals surface area (Å²) in [5.41, 5.74) is 1.17. The van der Waals surface area contributed by atoms with E-state index in [1.165, 1.54) is 0 Å². The number of carboxylic acids is 1. The maximum absolute atomic E-state index is 10.8. The van der Waals surface area contributed by atoms with E-state index in [4.69, 9.17) is 10.4 Å². The van der Waals surface area contributed by atoms with Crippen molar-refractivity contribution < 1.29 is 9.90 Å². The SMILES string of the molecule is CC(C)C(CC(=O)O)Nc1ccc(Br)cc1C#N. The number of nitrogens with zero attached hydrogens (tertiary/aromatic N) is 1. The predicted molar refractivity (Wildman–Crippen MR) is 73.4 cm³/mol. The van der Waals surface area contributed by atoms with Gasteiger partial charge in [-0.25, -0.2) is 0 Å². The zero-order valence-electron chi connectivity index (χ0n) is 10.3. The lowest BCUT2D eigenvalue weighted by Gasteiger charge is -2.22. The first-order chi connectivity index (χ1) is 8.43. The zero-order valence-corrected chi connectivity index (χ0v) is 11.9. The molecule has 0 saturated heterocycles. The van der Waals surface area contributed by atoms with E-state index in [0.29, 0.717) is 11.3 Å². The van der Waals surface area contributed by atoms with Crippen LogP contribution in [-0.4, -0.2) is 17.1 Å². The van der Waals surface area contributed by atoms with E-state index in [2.05, 4.69) is 27.3 Å². The molecule has 1 atom stereocenters. The molecule has 0 bridgehead atoms. The van der Waals surface area contributed by atoms with E-state index >= 15 is 0 Å². The van der Waals surface area contributed by atoms with E-state index in [0.717, 1.165) is 4.47 Å². The smallest absolute Gasteiger partial charge is 0.305 e. The quantitative estimate of drug-likeness (QED) is 0.875. The Morgan fingerprint density at radius 1 is 1.56 bits per heavy atom. The molecule has 1 unspecified atom stereocenters. The second-order valence-corrected chi connectivity index (χ2v) is 5.31. The molecule has 0 aromatic heterocycles. The lowest BCUT2D eigenvalue weighted by Crippen LogP contribution is -2.28. The molecular weight excluding hydrogens is 296 g/mol. The van der Waals surface area contributed by atoms with Gasteiger partial charge in [0.05, 0.1) is 17.7 Å². The first-order valence-corrected chi connectivity index (χ1v) is 6.41. The minimum Gasteiger partial charge on any atom is -0.481 e. The number of aliphatic carboxylic acids is 1. The minimum absolute atomic E-state index is 0.0264. The molecule has 0 amide bonds. The van der Waals surface area contributed by atoms with Crippen molar-refractivity contribution in [2.45, 2.75) is 26.3 Å². The summed E-state index contributed by atoms with van der Waals surface area (Å²) in [4.78, 5) is 10.8. The topological polar surface area (TPSA) is 73.1 Å². The predicted octanol–water partition coefficient (Wildman–Crippen LogP) is 3.23. The fourth-order valence-electron chi connectivity index (χ4n) is 1.58. The van der Waals surface area contributed by atoms with Gasteiger partial charge in [0.1, 0.15) is 6.07 Å². The second-order valence-electron chi connectivity index (χ2n) is 4.39. The highest BCUT2D eigenvalue weighted by molar-refractivity contribution is 9.10. The van der Waals surface area contributed by atoms with Crippen LogP contribution in [0.25, 0.3) is 0 Å². The van der Waals surface area contributed by atoms with Crippen molar-refractivity contribution in [3.8, 4) is 6.07 Å². The van der Waals surface area contributed by atoms with E-state index in [-0.39, 0.29) is 18.4 Å². The van der Waals surface area contributed by atoms with Crippen molar-refractivity contribution in [1.29, 1.82) is 5.26 Å². The summed E-state index contributed by atoms with van der Waals surface area (Å²) < 4.78 is 0.823. The lowest BCUT2D eigenvalue weighted by molar-refractivity contribution is -0.137. The fourth-order valence-corrected chi connectivity index (χ4v) is 1.94. The molecule has 1 rings (SSSR count). The Hall–Kier alpha value is -1.54. The van der Waals surface area contributed by atoms with Gasteiger partial charge in [0, 0.05) is 10.5 Å². The van der Waals surface area contributed by atoms with Gasteiger partial charge in [-0.3, -0.25) is 4.79 Å². The molecule has 0 fully saturated rings. The van der Waals surface area contributed by atoms with Crippen molar-refractivity contribution in [3.63, 3.8) is 0 Å². The molecule has 18 heavy (non-hydrogen) atoms. The molecule has 0 heterocycles. The fraction of sp³-hybridized carbons (Fsp3) is 0.385. The first-order valence-electron chi connectivity index (χ1n) is 5.62. The molecule has 1 aromatic carbocycles. The maximum Gasteiger partial charge on any atom is 0.305 e. The average molecular weight is 311 g/mol. The highest BCUT2D eigenvalue weighted by atomic mass is 79.9. The number of hydrogen-bond acceptors (Lipinski definition) is 3. The molecule has 5 heteroatoms. The number of rotatable bonds is 5. The molecule has 0 aliphatic rings. The van der Waals surface area contributed by atoms with E-state index < -0.39 is 5.97 Å². The van der Waals surface area contributed by atoms with Gasteiger partial charge < -0.3 is 10.4 Å². The number of anilines is 1.